The van der Waals surface area contributed by atoms with Gasteiger partial charge in [0.2, 0.25) is 0 Å². The zero-order valence-electron chi connectivity index (χ0n) is 11.2. The number of fused-ring (bicyclic) bond motifs is 1. The molecule has 0 spiro atoms. The Balaban J connectivity index is 1.91. The van der Waals surface area contributed by atoms with Crippen LogP contribution in [0.2, 0.25) is 0 Å². The summed E-state index contributed by atoms with van der Waals surface area (Å²) in [6.07, 6.45) is 5.77. The summed E-state index contributed by atoms with van der Waals surface area (Å²) in [5.41, 5.74) is 8.39. The lowest BCUT2D eigenvalue weighted by Crippen LogP contribution is -2.41. The third kappa shape index (κ3) is 2.43. The predicted octanol–water partition coefficient (Wildman–Crippen LogP) is 4.08. The highest BCUT2D eigenvalue weighted by Gasteiger charge is 2.35. The van der Waals surface area contributed by atoms with E-state index in [2.05, 4.69) is 33.9 Å². The van der Waals surface area contributed by atoms with Crippen molar-refractivity contribution in [3.63, 3.8) is 0 Å². The lowest BCUT2D eigenvalue weighted by molar-refractivity contribution is 0.223. The third-order valence-corrected chi connectivity index (χ3v) is 4.98. The van der Waals surface area contributed by atoms with E-state index < -0.39 is 0 Å². The molecular formula is C15H20BrN3. The van der Waals surface area contributed by atoms with Crippen LogP contribution < -0.4 is 5.73 Å². The molecule has 0 aliphatic heterocycles. The number of benzene rings is 1. The Labute approximate surface area is 122 Å². The van der Waals surface area contributed by atoms with Gasteiger partial charge in [-0.3, -0.25) is 0 Å². The molecule has 1 saturated carbocycles. The first-order chi connectivity index (χ1) is 9.10. The molecule has 102 valence electrons. The maximum atomic E-state index is 6.59. The van der Waals surface area contributed by atoms with Crippen LogP contribution in [0.25, 0.3) is 11.0 Å². The minimum atomic E-state index is -0.267. The largest absolute Gasteiger partial charge is 0.340 e. The van der Waals surface area contributed by atoms with Crippen LogP contribution in [0.4, 0.5) is 0 Å². The first-order valence-electron chi connectivity index (χ1n) is 7.05. The number of H-pyrrole nitrogens is 1. The molecule has 19 heavy (non-hydrogen) atoms. The van der Waals surface area contributed by atoms with Crippen LogP contribution in [-0.2, 0) is 5.54 Å². The fourth-order valence-electron chi connectivity index (χ4n) is 3.06. The molecular weight excluding hydrogens is 302 g/mol. The predicted molar refractivity (Wildman–Crippen MR) is 81.9 cm³/mol. The van der Waals surface area contributed by atoms with Crippen molar-refractivity contribution in [3.8, 4) is 0 Å². The molecule has 2 aromatic rings. The van der Waals surface area contributed by atoms with E-state index in [4.69, 9.17) is 10.7 Å². The van der Waals surface area contributed by atoms with Crippen molar-refractivity contribution in [1.29, 1.82) is 0 Å². The van der Waals surface area contributed by atoms with Crippen LogP contribution in [0.3, 0.4) is 0 Å². The van der Waals surface area contributed by atoms with Gasteiger partial charge in [-0.25, -0.2) is 4.98 Å². The van der Waals surface area contributed by atoms with Gasteiger partial charge in [0, 0.05) is 4.47 Å². The summed E-state index contributed by atoms with van der Waals surface area (Å²) in [4.78, 5) is 8.11. The molecule has 3 rings (SSSR count). The van der Waals surface area contributed by atoms with Gasteiger partial charge in [0.25, 0.3) is 0 Å². The number of rotatable bonds is 2. The maximum absolute atomic E-state index is 6.59. The van der Waals surface area contributed by atoms with Gasteiger partial charge in [-0.15, -0.1) is 0 Å². The lowest BCUT2D eigenvalue weighted by Gasteiger charge is -2.35. The number of halogens is 1. The molecule has 1 aliphatic rings. The second kappa shape index (κ2) is 4.91. The van der Waals surface area contributed by atoms with Crippen molar-refractivity contribution in [1.82, 2.24) is 9.97 Å². The van der Waals surface area contributed by atoms with E-state index in [1.54, 1.807) is 0 Å². The Bertz CT molecular complexity index is 582. The van der Waals surface area contributed by atoms with Crippen molar-refractivity contribution >= 4 is 27.0 Å². The standard InChI is InChI=1S/C15H20BrN3/c1-2-10-5-7-15(17,8-6-10)14-18-12-4-3-11(16)9-13(12)19-14/h3-4,9-10H,2,5-8,17H2,1H3,(H,18,19). The zero-order valence-corrected chi connectivity index (χ0v) is 12.8. The molecule has 0 bridgehead atoms. The van der Waals surface area contributed by atoms with E-state index in [1.807, 2.05) is 12.1 Å². The molecule has 0 atom stereocenters. The number of nitrogens with one attached hydrogen (secondary N) is 1. The average Bonchev–Trinajstić information content (AvgIpc) is 2.83. The lowest BCUT2D eigenvalue weighted by atomic mass is 9.76. The van der Waals surface area contributed by atoms with E-state index in [1.165, 1.54) is 19.3 Å². The zero-order chi connectivity index (χ0) is 13.5. The van der Waals surface area contributed by atoms with E-state index >= 15 is 0 Å². The molecule has 3 nitrogen and oxygen atoms in total. The second-order valence-corrected chi connectivity index (χ2v) is 6.67. The molecule has 3 N–H and O–H groups in total. The molecule has 0 radical (unpaired) electrons. The van der Waals surface area contributed by atoms with Gasteiger partial charge in [0.1, 0.15) is 5.82 Å². The number of hydrogen-bond acceptors (Lipinski definition) is 2. The monoisotopic (exact) mass is 321 g/mol. The SMILES string of the molecule is CCC1CCC(N)(c2nc3ccc(Br)cc3[nH]2)CC1. The summed E-state index contributed by atoms with van der Waals surface area (Å²) < 4.78 is 1.07. The fourth-order valence-corrected chi connectivity index (χ4v) is 3.42. The highest BCUT2D eigenvalue weighted by atomic mass is 79.9. The van der Waals surface area contributed by atoms with Gasteiger partial charge in [0.15, 0.2) is 0 Å². The fraction of sp³-hybridized carbons (Fsp3) is 0.533. The normalized spacial score (nSPS) is 27.8. The number of imidazole rings is 1. The number of aromatic nitrogens is 2. The first kappa shape index (κ1) is 13.1. The molecule has 0 saturated heterocycles. The summed E-state index contributed by atoms with van der Waals surface area (Å²) in [6, 6.07) is 6.11. The van der Waals surface area contributed by atoms with Crippen LogP contribution in [0.5, 0.6) is 0 Å². The van der Waals surface area contributed by atoms with Crippen LogP contribution in [0, 0.1) is 5.92 Å². The van der Waals surface area contributed by atoms with Crippen LogP contribution >= 0.6 is 15.9 Å². The van der Waals surface area contributed by atoms with Gasteiger partial charge in [-0.1, -0.05) is 29.3 Å². The Hall–Kier alpha value is -0.870. The number of nitrogens with two attached hydrogens (primary N) is 1. The van der Waals surface area contributed by atoms with Gasteiger partial charge in [0.05, 0.1) is 16.6 Å². The molecule has 1 fully saturated rings. The average molecular weight is 322 g/mol. The van der Waals surface area contributed by atoms with Crippen molar-refractivity contribution in [2.75, 3.05) is 0 Å². The number of aromatic amines is 1. The second-order valence-electron chi connectivity index (χ2n) is 5.75. The minimum Gasteiger partial charge on any atom is -0.340 e. The summed E-state index contributed by atoms with van der Waals surface area (Å²) >= 11 is 3.49. The van der Waals surface area contributed by atoms with Crippen molar-refractivity contribution in [2.45, 2.75) is 44.6 Å². The molecule has 1 aliphatic carbocycles. The molecule has 0 unspecified atom stereocenters. The van der Waals surface area contributed by atoms with Gasteiger partial charge >= 0.3 is 0 Å². The topological polar surface area (TPSA) is 54.7 Å². The van der Waals surface area contributed by atoms with E-state index in [9.17, 15) is 0 Å². The van der Waals surface area contributed by atoms with E-state index in [0.717, 1.165) is 40.1 Å². The minimum absolute atomic E-state index is 0.267. The third-order valence-electron chi connectivity index (χ3n) is 4.49. The van der Waals surface area contributed by atoms with Gasteiger partial charge < -0.3 is 10.7 Å². The number of hydrogen-bond donors (Lipinski definition) is 2. The Morgan fingerprint density at radius 2 is 2.16 bits per heavy atom. The summed E-state index contributed by atoms with van der Waals surface area (Å²) in [7, 11) is 0. The van der Waals surface area contributed by atoms with Gasteiger partial charge in [-0.05, 0) is 49.8 Å². The molecule has 1 aromatic carbocycles. The Morgan fingerprint density at radius 3 is 2.84 bits per heavy atom. The summed E-state index contributed by atoms with van der Waals surface area (Å²) in [5.74, 6) is 1.80. The van der Waals surface area contributed by atoms with E-state index in [-0.39, 0.29) is 5.54 Å². The molecule has 0 amide bonds. The van der Waals surface area contributed by atoms with E-state index in [0.29, 0.717) is 0 Å². The van der Waals surface area contributed by atoms with Gasteiger partial charge in [-0.2, -0.15) is 0 Å². The highest BCUT2D eigenvalue weighted by molar-refractivity contribution is 9.10. The first-order valence-corrected chi connectivity index (χ1v) is 7.84. The Morgan fingerprint density at radius 1 is 1.42 bits per heavy atom. The smallest absolute Gasteiger partial charge is 0.127 e. The highest BCUT2D eigenvalue weighted by Crippen LogP contribution is 2.38. The van der Waals surface area contributed by atoms with Crippen molar-refractivity contribution in [3.05, 3.63) is 28.5 Å². The summed E-state index contributed by atoms with van der Waals surface area (Å²) in [6.45, 7) is 2.27. The number of nitrogens with zero attached hydrogens (tertiary/aromatic N) is 1. The Kier molecular flexibility index (Phi) is 3.39. The van der Waals surface area contributed by atoms with Crippen molar-refractivity contribution in [2.24, 2.45) is 11.7 Å². The maximum Gasteiger partial charge on any atom is 0.127 e. The quantitative estimate of drug-likeness (QED) is 0.875. The van der Waals surface area contributed by atoms with Crippen LogP contribution in [0.15, 0.2) is 22.7 Å². The molecule has 4 heteroatoms. The molecule has 1 aromatic heterocycles. The molecule has 1 heterocycles. The summed E-state index contributed by atoms with van der Waals surface area (Å²) in [5, 5.41) is 0. The van der Waals surface area contributed by atoms with Crippen LogP contribution in [0.1, 0.15) is 44.9 Å². The van der Waals surface area contributed by atoms with Crippen molar-refractivity contribution < 1.29 is 0 Å². The van der Waals surface area contributed by atoms with Crippen LogP contribution in [-0.4, -0.2) is 9.97 Å².